The summed E-state index contributed by atoms with van der Waals surface area (Å²) in [5.74, 6) is 0.177. The third-order valence-corrected chi connectivity index (χ3v) is 7.92. The Morgan fingerprint density at radius 1 is 1.21 bits per heavy atom. The largest absolute Gasteiger partial charge is 0.460 e. The zero-order valence-corrected chi connectivity index (χ0v) is 19.4. The van der Waals surface area contributed by atoms with Crippen LogP contribution in [-0.4, -0.2) is 28.6 Å². The Hall–Kier alpha value is -3.22. The molecule has 7 heteroatoms. The van der Waals surface area contributed by atoms with E-state index < -0.39 is 5.54 Å². The Morgan fingerprint density at radius 3 is 2.76 bits per heavy atom. The summed E-state index contributed by atoms with van der Waals surface area (Å²) in [6, 6.07) is 10.4. The molecule has 2 heterocycles. The Labute approximate surface area is 199 Å². The van der Waals surface area contributed by atoms with Crippen molar-refractivity contribution >= 4 is 18.0 Å². The van der Waals surface area contributed by atoms with Crippen LogP contribution in [0.2, 0.25) is 0 Å². The van der Waals surface area contributed by atoms with Gasteiger partial charge in [0.1, 0.15) is 11.9 Å². The van der Waals surface area contributed by atoms with Gasteiger partial charge in [0.15, 0.2) is 11.5 Å². The summed E-state index contributed by atoms with van der Waals surface area (Å²) >= 11 is 0. The number of nitrogens with two attached hydrogens (primary N) is 2. The predicted molar refractivity (Wildman–Crippen MR) is 130 cm³/mol. The second-order valence-electron chi connectivity index (χ2n) is 9.93. The molecule has 2 aliphatic carbocycles. The maximum absolute atomic E-state index is 13.6. The highest BCUT2D eigenvalue weighted by molar-refractivity contribution is 5.88. The second-order valence-corrected chi connectivity index (χ2v) is 9.93. The zero-order chi connectivity index (χ0) is 23.9. The number of nitrogens with zero attached hydrogens (tertiary/aromatic N) is 2. The van der Waals surface area contributed by atoms with Gasteiger partial charge in [-0.05, 0) is 67.4 Å². The molecule has 2 aromatic rings. The lowest BCUT2D eigenvalue weighted by molar-refractivity contribution is -0.145. The summed E-state index contributed by atoms with van der Waals surface area (Å²) in [6.07, 6.45) is 10.9. The van der Waals surface area contributed by atoms with E-state index in [0.29, 0.717) is 18.3 Å². The van der Waals surface area contributed by atoms with Gasteiger partial charge in [-0.15, -0.1) is 0 Å². The number of rotatable bonds is 4. The number of allylic oxidation sites excluding steroid dienone is 1. The van der Waals surface area contributed by atoms with Crippen LogP contribution in [0.25, 0.3) is 17.2 Å². The van der Waals surface area contributed by atoms with Gasteiger partial charge in [-0.25, -0.2) is 14.2 Å². The molecule has 1 aromatic carbocycles. The molecule has 1 aromatic heterocycles. The number of carbonyl (C=O) groups is 1. The molecule has 5 rings (SSSR count). The molecule has 3 fully saturated rings. The fourth-order valence-electron chi connectivity index (χ4n) is 6.59. The van der Waals surface area contributed by atoms with E-state index in [4.69, 9.17) is 16.2 Å². The molecular weight excluding hydrogens is 431 g/mol. The van der Waals surface area contributed by atoms with E-state index >= 15 is 0 Å². The fourth-order valence-corrected chi connectivity index (χ4v) is 6.59. The van der Waals surface area contributed by atoms with Crippen LogP contribution in [-0.2, 0) is 9.53 Å². The van der Waals surface area contributed by atoms with E-state index in [0.717, 1.165) is 36.1 Å². The van der Waals surface area contributed by atoms with Gasteiger partial charge in [0.25, 0.3) is 0 Å². The third kappa shape index (κ3) is 3.97. The molecule has 6 unspecified atom stereocenters. The molecule has 0 amide bonds. The van der Waals surface area contributed by atoms with Gasteiger partial charge in [-0.2, -0.15) is 0 Å². The first-order chi connectivity index (χ1) is 16.4. The fraction of sp³-hybridized carbons (Fsp3) is 0.444. The van der Waals surface area contributed by atoms with Gasteiger partial charge in [-0.3, -0.25) is 4.98 Å². The number of carbonyl (C=O) groups excluding carboxylic acids is 1. The number of esters is 1. The number of guanidine groups is 1. The normalized spacial score (nSPS) is 32.6. The highest BCUT2D eigenvalue weighted by Gasteiger charge is 2.64. The van der Waals surface area contributed by atoms with Gasteiger partial charge in [-0.1, -0.05) is 43.5 Å². The molecule has 0 bridgehead atoms. The second kappa shape index (κ2) is 8.85. The number of ether oxygens (including phenoxy) is 1. The Balaban J connectivity index is 1.47. The first-order valence-electron chi connectivity index (χ1n) is 12.1. The van der Waals surface area contributed by atoms with Crippen LogP contribution in [0.15, 0.2) is 53.7 Å². The minimum atomic E-state index is -1.01. The van der Waals surface area contributed by atoms with Gasteiger partial charge < -0.3 is 16.2 Å². The van der Waals surface area contributed by atoms with Crippen molar-refractivity contribution < 1.29 is 13.9 Å². The smallest absolute Gasteiger partial charge is 0.334 e. The van der Waals surface area contributed by atoms with E-state index in [1.807, 2.05) is 31.2 Å². The van der Waals surface area contributed by atoms with Crippen LogP contribution in [0.5, 0.6) is 0 Å². The number of aromatic nitrogens is 1. The number of hydrogen-bond acceptors (Lipinski definition) is 4. The number of hydrogen-bond donors (Lipinski definition) is 2. The van der Waals surface area contributed by atoms with Gasteiger partial charge in [0.2, 0.25) is 0 Å². The topological polar surface area (TPSA) is 104 Å². The van der Waals surface area contributed by atoms with Crippen molar-refractivity contribution in [3.8, 4) is 11.1 Å². The Bertz CT molecular complexity index is 1130. The Morgan fingerprint density at radius 2 is 2.03 bits per heavy atom. The number of aliphatic imine (C=N–C) groups is 1. The monoisotopic (exact) mass is 462 g/mol. The molecule has 3 aliphatic rings. The van der Waals surface area contributed by atoms with Gasteiger partial charge >= 0.3 is 5.97 Å². The van der Waals surface area contributed by atoms with Crippen molar-refractivity contribution in [3.63, 3.8) is 0 Å². The summed E-state index contributed by atoms with van der Waals surface area (Å²) in [5, 5.41) is 0. The van der Waals surface area contributed by atoms with Crippen molar-refractivity contribution in [2.45, 2.75) is 50.7 Å². The third-order valence-electron chi connectivity index (χ3n) is 7.92. The van der Waals surface area contributed by atoms with E-state index in [9.17, 15) is 9.18 Å². The standard InChI is InChI=1S/C27H31FN4O2/c1-16-24-23(12-11-21-10-9-19(15-31-21)17-6-4-7-20(28)13-17)22-8-3-2-5-18(22)14-27(24,25(33)34-16)32-26(29)30/h4,6-7,9-13,15-16,18,22-24H,2-3,5,8,14H2,1H3,(H4,29,30,32)/b12-11+. The Kier molecular flexibility index (Phi) is 5.88. The van der Waals surface area contributed by atoms with E-state index in [1.54, 1.807) is 12.3 Å². The van der Waals surface area contributed by atoms with Crippen molar-refractivity contribution in [3.05, 3.63) is 60.2 Å². The molecule has 6 nitrogen and oxygen atoms in total. The molecule has 2 saturated carbocycles. The predicted octanol–water partition coefficient (Wildman–Crippen LogP) is 4.30. The van der Waals surface area contributed by atoms with E-state index in [1.165, 1.54) is 18.6 Å². The molecule has 1 saturated heterocycles. The summed E-state index contributed by atoms with van der Waals surface area (Å²) in [6.45, 7) is 1.95. The maximum Gasteiger partial charge on any atom is 0.334 e. The van der Waals surface area contributed by atoms with Crippen molar-refractivity contribution in [2.75, 3.05) is 0 Å². The lowest BCUT2D eigenvalue weighted by atomic mass is 9.54. The average Bonchev–Trinajstić information content (AvgIpc) is 3.05. The lowest BCUT2D eigenvalue weighted by Gasteiger charge is -2.49. The molecule has 178 valence electrons. The minimum absolute atomic E-state index is 0.0670. The SMILES string of the molecule is CC1OC(=O)C2(N=C(N)N)CC3CCCCC3C(/C=C/c3ccc(-c4cccc(F)c4)cn3)C12. The number of fused-ring (bicyclic) bond motifs is 2. The number of cyclic esters (lactones) is 1. The van der Waals surface area contributed by atoms with Crippen LogP contribution >= 0.6 is 0 Å². The molecule has 34 heavy (non-hydrogen) atoms. The number of benzene rings is 1. The summed E-state index contributed by atoms with van der Waals surface area (Å²) < 4.78 is 19.3. The van der Waals surface area contributed by atoms with Gasteiger partial charge in [0, 0.05) is 17.7 Å². The molecule has 0 spiro atoms. The number of halogens is 1. The van der Waals surface area contributed by atoms with Crippen molar-refractivity contribution in [2.24, 2.45) is 40.1 Å². The molecular formula is C27H31FN4O2. The van der Waals surface area contributed by atoms with E-state index in [2.05, 4.69) is 16.1 Å². The van der Waals surface area contributed by atoms with Crippen LogP contribution in [0, 0.1) is 29.5 Å². The van der Waals surface area contributed by atoms with E-state index in [-0.39, 0.29) is 35.7 Å². The van der Waals surface area contributed by atoms with Gasteiger partial charge in [0.05, 0.1) is 5.69 Å². The van der Waals surface area contributed by atoms with Crippen molar-refractivity contribution in [1.82, 2.24) is 4.98 Å². The maximum atomic E-state index is 13.6. The van der Waals surface area contributed by atoms with Crippen LogP contribution in [0.4, 0.5) is 4.39 Å². The van der Waals surface area contributed by atoms with Crippen molar-refractivity contribution in [1.29, 1.82) is 0 Å². The minimum Gasteiger partial charge on any atom is -0.460 e. The zero-order valence-electron chi connectivity index (χ0n) is 19.4. The summed E-state index contributed by atoms with van der Waals surface area (Å²) in [4.78, 5) is 22.2. The highest BCUT2D eigenvalue weighted by atomic mass is 19.1. The first kappa shape index (κ1) is 22.6. The first-order valence-corrected chi connectivity index (χ1v) is 12.1. The molecule has 0 radical (unpaired) electrons. The quantitative estimate of drug-likeness (QED) is 0.401. The molecule has 6 atom stereocenters. The summed E-state index contributed by atoms with van der Waals surface area (Å²) in [7, 11) is 0. The lowest BCUT2D eigenvalue weighted by Crippen LogP contribution is -2.54. The molecule has 4 N–H and O–H groups in total. The van der Waals surface area contributed by atoms with Crippen LogP contribution in [0.1, 0.15) is 44.7 Å². The van der Waals surface area contributed by atoms with Crippen LogP contribution in [0.3, 0.4) is 0 Å². The van der Waals surface area contributed by atoms with Crippen LogP contribution < -0.4 is 11.5 Å². The highest BCUT2D eigenvalue weighted by Crippen LogP contribution is 2.56. The average molecular weight is 463 g/mol. The molecule has 1 aliphatic heterocycles. The summed E-state index contributed by atoms with van der Waals surface area (Å²) in [5.41, 5.74) is 13.0. The number of pyridine rings is 1.